The summed E-state index contributed by atoms with van der Waals surface area (Å²) in [6.07, 6.45) is 0. The van der Waals surface area contributed by atoms with Gasteiger partial charge in [0, 0.05) is 11.4 Å². The van der Waals surface area contributed by atoms with Gasteiger partial charge >= 0.3 is 0 Å². The Bertz CT molecular complexity index is 2700. The van der Waals surface area contributed by atoms with Gasteiger partial charge < -0.3 is 10.6 Å². The molecule has 6 aromatic carbocycles. The normalized spacial score (nSPS) is 11.9. The van der Waals surface area contributed by atoms with Crippen molar-refractivity contribution >= 4 is 90.5 Å². The standard InChI is InChI=1S/C39H28ClN13O3S/c40-37-43-38(41-26-11-15-30(16-12-26)49-50-32-21-19-31(20-22-32)48-46-28-7-3-1-4-8-28)45-39(44-37)42-27-13-17-33(18-14-27)51-53-35-24-23-34(25-36(35)57(54,55)56)52-47-29-9-5-2-6-10-29/h1-25H,(H,54,55,56)(H2,41,42,43,44,45). The minimum atomic E-state index is -4.65. The lowest BCUT2D eigenvalue weighted by Crippen LogP contribution is -2.03. The SMILES string of the molecule is O=S(=O)(O)c1cc(N=Nc2ccccc2)ccc1N=Nc1ccc(Nc2nc(Cl)nc(Nc3ccc(N=Nc4ccc(N=Nc5ccccc5)cc4)cc3)n2)cc1. The van der Waals surface area contributed by atoms with E-state index in [1.807, 2.05) is 60.7 Å². The fourth-order valence-corrected chi connectivity index (χ4v) is 5.63. The molecule has 0 aliphatic heterocycles. The minimum Gasteiger partial charge on any atom is -0.324 e. The first-order valence-corrected chi connectivity index (χ1v) is 18.7. The van der Waals surface area contributed by atoms with Gasteiger partial charge in [-0.25, -0.2) is 0 Å². The summed E-state index contributed by atoms with van der Waals surface area (Å²) in [7, 11) is -4.65. The van der Waals surface area contributed by atoms with E-state index in [1.54, 1.807) is 72.8 Å². The summed E-state index contributed by atoms with van der Waals surface area (Å²) in [4.78, 5) is 12.3. The molecule has 0 radical (unpaired) electrons. The quantitative estimate of drug-likeness (QED) is 0.0751. The highest BCUT2D eigenvalue weighted by Gasteiger charge is 2.17. The molecule has 1 aromatic heterocycles. The highest BCUT2D eigenvalue weighted by molar-refractivity contribution is 7.86. The predicted molar refractivity (Wildman–Crippen MR) is 217 cm³/mol. The summed E-state index contributed by atoms with van der Waals surface area (Å²) in [6.45, 7) is 0. The van der Waals surface area contributed by atoms with Gasteiger partial charge in [0.1, 0.15) is 10.6 Å². The van der Waals surface area contributed by atoms with Crippen LogP contribution < -0.4 is 10.6 Å². The van der Waals surface area contributed by atoms with Gasteiger partial charge in [-0.05, 0) is 127 Å². The Labute approximate surface area is 330 Å². The first-order chi connectivity index (χ1) is 27.7. The second-order valence-electron chi connectivity index (χ2n) is 11.7. The van der Waals surface area contributed by atoms with Crippen molar-refractivity contribution in [3.05, 3.63) is 157 Å². The lowest BCUT2D eigenvalue weighted by Gasteiger charge is -2.09. The van der Waals surface area contributed by atoms with E-state index in [1.165, 1.54) is 18.2 Å². The van der Waals surface area contributed by atoms with E-state index in [4.69, 9.17) is 11.6 Å². The zero-order valence-electron chi connectivity index (χ0n) is 29.4. The average molecular weight is 794 g/mol. The molecule has 0 saturated carbocycles. The van der Waals surface area contributed by atoms with Crippen LogP contribution in [0, 0.1) is 0 Å². The fourth-order valence-electron chi connectivity index (χ4n) is 4.83. The number of rotatable bonds is 13. The number of anilines is 4. The Kier molecular flexibility index (Phi) is 11.8. The van der Waals surface area contributed by atoms with Crippen molar-refractivity contribution in [2.24, 2.45) is 40.9 Å². The molecule has 3 N–H and O–H groups in total. The van der Waals surface area contributed by atoms with Crippen LogP contribution in [0.4, 0.5) is 68.8 Å². The van der Waals surface area contributed by atoms with Gasteiger partial charge in [0.05, 0.1) is 39.8 Å². The second-order valence-corrected chi connectivity index (χ2v) is 13.4. The molecule has 7 rings (SSSR count). The fraction of sp³-hybridized carbons (Fsp3) is 0. The Hall–Kier alpha value is -7.47. The van der Waals surface area contributed by atoms with E-state index in [2.05, 4.69) is 66.5 Å². The maximum Gasteiger partial charge on any atom is 0.296 e. The molecule has 0 aliphatic carbocycles. The Morgan fingerprint density at radius 2 is 0.789 bits per heavy atom. The van der Waals surface area contributed by atoms with Crippen molar-refractivity contribution in [3.8, 4) is 0 Å². The molecule has 1 heterocycles. The molecule has 0 spiro atoms. The highest BCUT2D eigenvalue weighted by Crippen LogP contribution is 2.32. The first kappa shape index (κ1) is 37.8. The molecule has 18 heteroatoms. The number of aromatic nitrogens is 3. The van der Waals surface area contributed by atoms with Gasteiger partial charge in [-0.1, -0.05) is 36.4 Å². The molecule has 280 valence electrons. The van der Waals surface area contributed by atoms with E-state index < -0.39 is 15.0 Å². The topological polar surface area (TPSA) is 216 Å². The number of azo groups is 4. The molecular formula is C39H28ClN13O3S. The molecule has 0 atom stereocenters. The largest absolute Gasteiger partial charge is 0.324 e. The van der Waals surface area contributed by atoms with Crippen molar-refractivity contribution in [2.75, 3.05) is 10.6 Å². The maximum atomic E-state index is 12.1. The first-order valence-electron chi connectivity index (χ1n) is 16.9. The molecule has 57 heavy (non-hydrogen) atoms. The van der Waals surface area contributed by atoms with E-state index in [0.717, 1.165) is 5.69 Å². The van der Waals surface area contributed by atoms with E-state index in [9.17, 15) is 13.0 Å². The van der Waals surface area contributed by atoms with E-state index in [0.29, 0.717) is 39.8 Å². The number of nitrogens with zero attached hydrogens (tertiary/aromatic N) is 11. The summed E-state index contributed by atoms with van der Waals surface area (Å²) in [5.41, 5.74) is 5.13. The number of halogens is 1. The summed E-state index contributed by atoms with van der Waals surface area (Å²) in [5, 5.41) is 39.5. The number of hydrogen-bond acceptors (Lipinski definition) is 15. The van der Waals surface area contributed by atoms with Crippen molar-refractivity contribution in [3.63, 3.8) is 0 Å². The molecule has 0 unspecified atom stereocenters. The zero-order chi connectivity index (χ0) is 39.5. The number of nitrogens with one attached hydrogen (secondary N) is 2. The van der Waals surface area contributed by atoms with E-state index >= 15 is 0 Å². The predicted octanol–water partition coefficient (Wildman–Crippen LogP) is 12.9. The summed E-state index contributed by atoms with van der Waals surface area (Å²) < 4.78 is 34.1. The molecule has 0 saturated heterocycles. The van der Waals surface area contributed by atoms with Crippen LogP contribution in [0.5, 0.6) is 0 Å². The summed E-state index contributed by atoms with van der Waals surface area (Å²) in [6, 6.07) is 43.5. The molecule has 0 bridgehead atoms. The Morgan fingerprint density at radius 3 is 1.21 bits per heavy atom. The molecule has 0 fully saturated rings. The lowest BCUT2D eigenvalue weighted by molar-refractivity contribution is 0.483. The summed E-state index contributed by atoms with van der Waals surface area (Å²) >= 11 is 6.21. The second kappa shape index (κ2) is 17.8. The van der Waals surface area contributed by atoms with Crippen LogP contribution in [0.1, 0.15) is 0 Å². The van der Waals surface area contributed by atoms with Crippen LogP contribution in [-0.4, -0.2) is 27.9 Å². The molecule has 16 nitrogen and oxygen atoms in total. The van der Waals surface area contributed by atoms with Crippen LogP contribution in [0.15, 0.2) is 197 Å². The third kappa shape index (κ3) is 11.0. The highest BCUT2D eigenvalue weighted by atomic mass is 35.5. The van der Waals surface area contributed by atoms with Gasteiger partial charge in [-0.3, -0.25) is 4.55 Å². The third-order valence-corrected chi connectivity index (χ3v) is 8.61. The minimum absolute atomic E-state index is 0.0411. The van der Waals surface area contributed by atoms with Crippen LogP contribution in [-0.2, 0) is 10.1 Å². The third-order valence-electron chi connectivity index (χ3n) is 7.55. The van der Waals surface area contributed by atoms with Gasteiger partial charge in [-0.2, -0.15) is 59.2 Å². The molecule has 7 aromatic rings. The maximum absolute atomic E-state index is 12.1. The number of hydrogen-bond donors (Lipinski definition) is 3. The Morgan fingerprint density at radius 1 is 0.439 bits per heavy atom. The van der Waals surface area contributed by atoms with Crippen molar-refractivity contribution < 1.29 is 13.0 Å². The van der Waals surface area contributed by atoms with Crippen LogP contribution in [0.25, 0.3) is 0 Å². The smallest absolute Gasteiger partial charge is 0.296 e. The van der Waals surface area contributed by atoms with Gasteiger partial charge in [-0.15, -0.1) is 5.11 Å². The molecule has 0 amide bonds. The monoisotopic (exact) mass is 793 g/mol. The van der Waals surface area contributed by atoms with E-state index in [-0.39, 0.29) is 28.6 Å². The van der Waals surface area contributed by atoms with Crippen molar-refractivity contribution in [2.45, 2.75) is 4.90 Å². The average Bonchev–Trinajstić information content (AvgIpc) is 3.22. The van der Waals surface area contributed by atoms with Crippen LogP contribution in [0.2, 0.25) is 5.28 Å². The van der Waals surface area contributed by atoms with Gasteiger partial charge in [0.25, 0.3) is 10.1 Å². The molecule has 0 aliphatic rings. The van der Waals surface area contributed by atoms with Gasteiger partial charge in [0.15, 0.2) is 0 Å². The molecular weight excluding hydrogens is 766 g/mol. The van der Waals surface area contributed by atoms with Crippen molar-refractivity contribution in [1.29, 1.82) is 0 Å². The summed E-state index contributed by atoms with van der Waals surface area (Å²) in [5.74, 6) is 0.371. The van der Waals surface area contributed by atoms with Crippen LogP contribution >= 0.6 is 11.6 Å². The lowest BCUT2D eigenvalue weighted by atomic mass is 10.3. The Balaban J connectivity index is 0.952. The van der Waals surface area contributed by atoms with Crippen LogP contribution in [0.3, 0.4) is 0 Å². The van der Waals surface area contributed by atoms with Gasteiger partial charge in [0.2, 0.25) is 17.2 Å². The van der Waals surface area contributed by atoms with Crippen molar-refractivity contribution in [1.82, 2.24) is 15.0 Å². The number of benzene rings is 6. The zero-order valence-corrected chi connectivity index (χ0v) is 31.0.